The number of amides is 1. The van der Waals surface area contributed by atoms with Crippen molar-refractivity contribution in [2.75, 3.05) is 38.0 Å². The van der Waals surface area contributed by atoms with Crippen LogP contribution in [0, 0.1) is 15.9 Å². The highest BCUT2D eigenvalue weighted by Crippen LogP contribution is 2.38. The van der Waals surface area contributed by atoms with Crippen molar-refractivity contribution in [1.82, 2.24) is 19.0 Å². The minimum absolute atomic E-state index is 0.131. The summed E-state index contributed by atoms with van der Waals surface area (Å²) < 4.78 is 48.4. The maximum absolute atomic E-state index is 13.3. The quantitative estimate of drug-likeness (QED) is 0.220. The number of carbonyl (C=O) groups is 1. The Balaban J connectivity index is 1.22. The van der Waals surface area contributed by atoms with Crippen LogP contribution < -0.4 is 15.8 Å². The lowest BCUT2D eigenvalue weighted by molar-refractivity contribution is -0.387. The second kappa shape index (κ2) is 11.7. The van der Waals surface area contributed by atoms with E-state index in [-0.39, 0.29) is 35.5 Å². The van der Waals surface area contributed by atoms with Crippen molar-refractivity contribution in [2.24, 2.45) is 5.73 Å². The van der Waals surface area contributed by atoms with E-state index in [4.69, 9.17) is 15.6 Å². The Morgan fingerprint density at radius 3 is 2.27 bits per heavy atom. The Kier molecular flexibility index (Phi) is 7.75. The van der Waals surface area contributed by atoms with Gasteiger partial charge in [0.1, 0.15) is 23.0 Å². The minimum atomic E-state index is -4.08. The molecule has 3 N–H and O–H groups in total. The van der Waals surface area contributed by atoms with Gasteiger partial charge < -0.3 is 15.8 Å². The number of nitro groups is 1. The van der Waals surface area contributed by atoms with Crippen molar-refractivity contribution in [3.05, 3.63) is 100 Å². The molecule has 1 aromatic heterocycles. The van der Waals surface area contributed by atoms with Crippen molar-refractivity contribution >= 4 is 27.3 Å². The van der Waals surface area contributed by atoms with Gasteiger partial charge in [-0.3, -0.25) is 19.8 Å². The molecule has 1 amide bonds. The highest BCUT2D eigenvalue weighted by atomic mass is 32.2. The number of anilines is 1. The molecule has 3 aromatic carbocycles. The largest absolute Gasteiger partial charge is 0.457 e. The molecular formula is C29H28FN7O6S. The first-order valence-electron chi connectivity index (χ1n) is 13.8. The van der Waals surface area contributed by atoms with Crippen LogP contribution in [0.2, 0.25) is 0 Å². The predicted molar refractivity (Wildman–Crippen MR) is 158 cm³/mol. The topological polar surface area (TPSA) is 166 Å². The second-order valence-corrected chi connectivity index (χ2v) is 12.2. The number of primary amides is 1. The summed E-state index contributed by atoms with van der Waals surface area (Å²) >= 11 is 0. The molecule has 228 valence electrons. The van der Waals surface area contributed by atoms with Crippen LogP contribution in [0.4, 0.5) is 15.8 Å². The van der Waals surface area contributed by atoms with Crippen LogP contribution in [0.3, 0.4) is 0 Å². The van der Waals surface area contributed by atoms with Crippen LogP contribution in [0.25, 0.3) is 5.69 Å². The zero-order valence-electron chi connectivity index (χ0n) is 23.3. The van der Waals surface area contributed by atoms with Crippen LogP contribution in [0.15, 0.2) is 77.7 Å². The van der Waals surface area contributed by atoms with E-state index in [9.17, 15) is 27.7 Å². The van der Waals surface area contributed by atoms with Crippen molar-refractivity contribution in [3.63, 3.8) is 0 Å². The minimum Gasteiger partial charge on any atom is -0.457 e. The van der Waals surface area contributed by atoms with E-state index in [0.717, 1.165) is 0 Å². The first-order chi connectivity index (χ1) is 21.1. The molecule has 1 saturated heterocycles. The zero-order chi connectivity index (χ0) is 31.0. The van der Waals surface area contributed by atoms with Gasteiger partial charge in [-0.05, 0) is 61.0 Å². The molecule has 0 radical (unpaired) electrons. The molecule has 13 nitrogen and oxygen atoms in total. The fourth-order valence-electron chi connectivity index (χ4n) is 5.60. The van der Waals surface area contributed by atoms with Gasteiger partial charge in [-0.15, -0.1) is 0 Å². The maximum Gasteiger partial charge on any atom is 0.289 e. The Labute approximate surface area is 251 Å². The monoisotopic (exact) mass is 621 g/mol. The molecule has 1 atom stereocenters. The number of fused-ring (bicyclic) bond motifs is 1. The number of carbonyl (C=O) groups excluding carboxylic acids is 1. The smallest absolute Gasteiger partial charge is 0.289 e. The van der Waals surface area contributed by atoms with Crippen molar-refractivity contribution in [3.8, 4) is 17.2 Å². The van der Waals surface area contributed by atoms with Gasteiger partial charge in [0, 0.05) is 38.8 Å². The van der Waals surface area contributed by atoms with Gasteiger partial charge in [-0.25, -0.2) is 17.5 Å². The Morgan fingerprint density at radius 1 is 1.00 bits per heavy atom. The number of benzene rings is 3. The molecule has 3 heterocycles. The predicted octanol–water partition coefficient (Wildman–Crippen LogP) is 3.67. The number of rotatable bonds is 8. The Hall–Kier alpha value is -4.86. The SMILES string of the molecule is NC(=O)c1c2c(nn1-c1ccc(Oc3ccc(F)cc3)cc1)[C@H](N1CCN(S(=O)(=O)c3ccccc3[N+](=O)[O-])CC1)CCN2. The Morgan fingerprint density at radius 2 is 1.64 bits per heavy atom. The number of hydrogen-bond donors (Lipinski definition) is 2. The third kappa shape index (κ3) is 5.47. The van der Waals surface area contributed by atoms with E-state index in [1.54, 1.807) is 24.3 Å². The lowest BCUT2D eigenvalue weighted by Gasteiger charge is -2.39. The average molecular weight is 622 g/mol. The van der Waals surface area contributed by atoms with Crippen molar-refractivity contribution < 1.29 is 27.3 Å². The molecule has 4 aromatic rings. The number of sulfonamides is 1. The molecule has 0 unspecified atom stereocenters. The summed E-state index contributed by atoms with van der Waals surface area (Å²) in [5.41, 5.74) is 7.25. The molecule has 44 heavy (non-hydrogen) atoms. The van der Waals surface area contributed by atoms with Gasteiger partial charge in [-0.1, -0.05) is 12.1 Å². The normalized spacial score (nSPS) is 17.4. The molecule has 0 saturated carbocycles. The number of hydrogen-bond acceptors (Lipinski definition) is 9. The second-order valence-electron chi connectivity index (χ2n) is 10.3. The lowest BCUT2D eigenvalue weighted by atomic mass is 10.0. The van der Waals surface area contributed by atoms with E-state index in [2.05, 4.69) is 10.2 Å². The fraction of sp³-hybridized carbons (Fsp3) is 0.241. The number of nitrogens with zero attached hydrogens (tertiary/aromatic N) is 5. The van der Waals surface area contributed by atoms with E-state index in [0.29, 0.717) is 54.6 Å². The lowest BCUT2D eigenvalue weighted by Crippen LogP contribution is -2.50. The summed E-state index contributed by atoms with van der Waals surface area (Å²) in [6, 6.07) is 17.6. The summed E-state index contributed by atoms with van der Waals surface area (Å²) in [5, 5.41) is 19.5. The number of piperazine rings is 1. The third-order valence-corrected chi connectivity index (χ3v) is 9.65. The number of nitrogens with one attached hydrogen (secondary N) is 1. The van der Waals surface area contributed by atoms with Gasteiger partial charge in [0.05, 0.1) is 22.3 Å². The average Bonchev–Trinajstić information content (AvgIpc) is 3.43. The first kappa shape index (κ1) is 29.2. The van der Waals surface area contributed by atoms with Crippen molar-refractivity contribution in [1.29, 1.82) is 0 Å². The molecule has 0 bridgehead atoms. The van der Waals surface area contributed by atoms with Crippen LogP contribution in [0.5, 0.6) is 11.5 Å². The van der Waals surface area contributed by atoms with Crippen LogP contribution in [0.1, 0.15) is 28.6 Å². The highest BCUT2D eigenvalue weighted by Gasteiger charge is 2.38. The molecule has 15 heteroatoms. The van der Waals surface area contributed by atoms with E-state index in [1.807, 2.05) is 0 Å². The number of aromatic nitrogens is 2. The third-order valence-electron chi connectivity index (χ3n) is 7.71. The number of nitro benzene ring substituents is 1. The Bertz CT molecular complexity index is 1820. The summed E-state index contributed by atoms with van der Waals surface area (Å²) in [6.45, 7) is 1.53. The fourth-order valence-corrected chi connectivity index (χ4v) is 7.18. The highest BCUT2D eigenvalue weighted by molar-refractivity contribution is 7.89. The number of para-hydroxylation sites is 1. The summed E-state index contributed by atoms with van der Waals surface area (Å²) in [7, 11) is -4.08. The maximum atomic E-state index is 13.3. The van der Waals surface area contributed by atoms with Gasteiger partial charge in [0.25, 0.3) is 11.6 Å². The molecule has 0 aliphatic carbocycles. The van der Waals surface area contributed by atoms with Gasteiger partial charge in [0.2, 0.25) is 10.0 Å². The van der Waals surface area contributed by atoms with Gasteiger partial charge in [-0.2, -0.15) is 9.40 Å². The molecule has 1 fully saturated rings. The van der Waals surface area contributed by atoms with Crippen LogP contribution >= 0.6 is 0 Å². The zero-order valence-corrected chi connectivity index (χ0v) is 24.1. The number of halogens is 1. The van der Waals surface area contributed by atoms with Gasteiger partial charge in [0.15, 0.2) is 10.6 Å². The standard InChI is InChI=1S/C29H28FN7O6S/c30-19-5-9-21(10-6-19)43-22-11-7-20(8-12-22)36-28(29(31)38)27-26(33-36)24(13-14-32-27)34-15-17-35(18-16-34)44(41,42)25-4-2-1-3-23(25)37(39)40/h1-12,24,32H,13-18H2,(H2,31,38)/t24-/m1/s1. The molecule has 0 spiro atoms. The van der Waals surface area contributed by atoms with E-state index < -0.39 is 26.5 Å². The molecule has 6 rings (SSSR count). The number of ether oxygens (including phenoxy) is 1. The van der Waals surface area contributed by atoms with Crippen LogP contribution in [-0.4, -0.2) is 71.0 Å². The first-order valence-corrected chi connectivity index (χ1v) is 15.3. The van der Waals surface area contributed by atoms with Gasteiger partial charge >= 0.3 is 0 Å². The molecule has 2 aliphatic heterocycles. The summed E-state index contributed by atoms with van der Waals surface area (Å²) in [4.78, 5) is 25.2. The van der Waals surface area contributed by atoms with E-state index >= 15 is 0 Å². The number of nitrogens with two attached hydrogens (primary N) is 1. The molecule has 2 aliphatic rings. The van der Waals surface area contributed by atoms with Crippen molar-refractivity contribution in [2.45, 2.75) is 17.4 Å². The summed E-state index contributed by atoms with van der Waals surface area (Å²) in [5.74, 6) is -0.0680. The summed E-state index contributed by atoms with van der Waals surface area (Å²) in [6.07, 6.45) is 0.656. The van der Waals surface area contributed by atoms with Crippen LogP contribution in [-0.2, 0) is 10.0 Å². The molecular weight excluding hydrogens is 593 g/mol. The van der Waals surface area contributed by atoms with E-state index in [1.165, 1.54) is 57.5 Å².